The number of carboxylic acid groups (broad SMARTS) is 1. The molecule has 6 heteroatoms. The van der Waals surface area contributed by atoms with Crippen LogP contribution in [0.15, 0.2) is 18.2 Å². The van der Waals surface area contributed by atoms with Crippen LogP contribution in [0.2, 0.25) is 5.02 Å². The molecule has 0 fully saturated rings. The molecular weight excluding hydrogens is 268 g/mol. The molecule has 1 atom stereocenters. The zero-order chi connectivity index (χ0) is 14.6. The molecule has 0 spiro atoms. The van der Waals surface area contributed by atoms with Gasteiger partial charge >= 0.3 is 5.97 Å². The summed E-state index contributed by atoms with van der Waals surface area (Å²) in [5.74, 6) is -1.28. The number of halogens is 1. The lowest BCUT2D eigenvalue weighted by atomic mass is 10.0. The van der Waals surface area contributed by atoms with Crippen LogP contribution in [0.3, 0.4) is 0 Å². The largest absolute Gasteiger partial charge is 0.478 e. The van der Waals surface area contributed by atoms with Crippen molar-refractivity contribution in [3.8, 4) is 0 Å². The van der Waals surface area contributed by atoms with Crippen molar-refractivity contribution in [3.05, 3.63) is 28.8 Å². The van der Waals surface area contributed by atoms with Gasteiger partial charge in [-0.1, -0.05) is 25.4 Å². The van der Waals surface area contributed by atoms with Gasteiger partial charge in [-0.25, -0.2) is 4.79 Å². The predicted octanol–water partition coefficient (Wildman–Crippen LogP) is 2.35. The first-order valence-electron chi connectivity index (χ1n) is 5.90. The van der Waals surface area contributed by atoms with Gasteiger partial charge in [0.05, 0.1) is 17.3 Å². The predicted molar refractivity (Wildman–Crippen MR) is 74.5 cm³/mol. The summed E-state index contributed by atoms with van der Waals surface area (Å²) >= 11 is 5.73. The number of rotatable bonds is 5. The molecule has 0 aliphatic heterocycles. The Balaban J connectivity index is 2.87. The summed E-state index contributed by atoms with van der Waals surface area (Å²) in [4.78, 5) is 22.9. The van der Waals surface area contributed by atoms with Crippen molar-refractivity contribution in [2.45, 2.75) is 26.3 Å². The van der Waals surface area contributed by atoms with Crippen molar-refractivity contribution in [1.82, 2.24) is 0 Å². The van der Waals surface area contributed by atoms with E-state index in [9.17, 15) is 9.59 Å². The average molecular weight is 285 g/mol. The minimum atomic E-state index is -1.16. The van der Waals surface area contributed by atoms with E-state index in [1.165, 1.54) is 18.2 Å². The van der Waals surface area contributed by atoms with Crippen molar-refractivity contribution < 1.29 is 14.7 Å². The highest BCUT2D eigenvalue weighted by molar-refractivity contribution is 6.31. The summed E-state index contributed by atoms with van der Waals surface area (Å²) in [6, 6.07) is 3.58. The lowest BCUT2D eigenvalue weighted by molar-refractivity contribution is -0.117. The zero-order valence-corrected chi connectivity index (χ0v) is 11.6. The maximum Gasteiger partial charge on any atom is 0.337 e. The molecule has 0 aromatic heterocycles. The van der Waals surface area contributed by atoms with Gasteiger partial charge in [-0.3, -0.25) is 4.79 Å². The third kappa shape index (κ3) is 4.54. The Morgan fingerprint density at radius 3 is 2.58 bits per heavy atom. The SMILES string of the molecule is CC(C)C[C@H](N)C(=O)Nc1ccc(Cl)cc1C(=O)O. The molecule has 5 nitrogen and oxygen atoms in total. The Morgan fingerprint density at radius 1 is 1.42 bits per heavy atom. The number of carbonyl (C=O) groups is 2. The number of benzene rings is 1. The number of nitrogens with two attached hydrogens (primary N) is 1. The Morgan fingerprint density at radius 2 is 2.05 bits per heavy atom. The number of hydrogen-bond acceptors (Lipinski definition) is 3. The lowest BCUT2D eigenvalue weighted by Gasteiger charge is -2.15. The first-order chi connectivity index (χ1) is 8.81. The van der Waals surface area contributed by atoms with E-state index in [2.05, 4.69) is 5.32 Å². The van der Waals surface area contributed by atoms with Crippen LogP contribution in [-0.2, 0) is 4.79 Å². The summed E-state index contributed by atoms with van der Waals surface area (Å²) in [5.41, 5.74) is 5.87. The monoisotopic (exact) mass is 284 g/mol. The molecule has 4 N–H and O–H groups in total. The van der Waals surface area contributed by atoms with Gasteiger partial charge in [-0.15, -0.1) is 0 Å². The maximum absolute atomic E-state index is 11.8. The van der Waals surface area contributed by atoms with E-state index in [0.717, 1.165) is 0 Å². The minimum absolute atomic E-state index is 0.0578. The van der Waals surface area contributed by atoms with Crippen LogP contribution in [0, 0.1) is 5.92 Å². The van der Waals surface area contributed by atoms with Crippen LogP contribution >= 0.6 is 11.6 Å². The van der Waals surface area contributed by atoms with Crippen LogP contribution in [0.25, 0.3) is 0 Å². The van der Waals surface area contributed by atoms with E-state index in [0.29, 0.717) is 11.4 Å². The zero-order valence-electron chi connectivity index (χ0n) is 10.8. The molecule has 1 aromatic rings. The second-order valence-electron chi connectivity index (χ2n) is 4.72. The van der Waals surface area contributed by atoms with E-state index in [-0.39, 0.29) is 17.2 Å². The standard InChI is InChI=1S/C13H17ClN2O3/c1-7(2)5-10(15)12(17)16-11-4-3-8(14)6-9(11)13(18)19/h3-4,6-7,10H,5,15H2,1-2H3,(H,16,17)(H,18,19)/t10-/m0/s1. The average Bonchev–Trinajstić information content (AvgIpc) is 2.30. The smallest absolute Gasteiger partial charge is 0.337 e. The van der Waals surface area contributed by atoms with Crippen LogP contribution in [0.5, 0.6) is 0 Å². The molecule has 19 heavy (non-hydrogen) atoms. The molecule has 0 bridgehead atoms. The quantitative estimate of drug-likeness (QED) is 0.774. The Kier molecular flexibility index (Phi) is 5.32. The number of carboxylic acids is 1. The second-order valence-corrected chi connectivity index (χ2v) is 5.16. The van der Waals surface area contributed by atoms with Gasteiger partial charge in [0.15, 0.2) is 0 Å². The van der Waals surface area contributed by atoms with Crippen molar-refractivity contribution in [2.75, 3.05) is 5.32 Å². The fraction of sp³-hybridized carbons (Fsp3) is 0.385. The van der Waals surface area contributed by atoms with E-state index in [4.69, 9.17) is 22.4 Å². The fourth-order valence-corrected chi connectivity index (χ4v) is 1.81. The third-order valence-electron chi connectivity index (χ3n) is 2.53. The van der Waals surface area contributed by atoms with Gasteiger partial charge in [-0.05, 0) is 30.5 Å². The first-order valence-corrected chi connectivity index (χ1v) is 6.28. The third-order valence-corrected chi connectivity index (χ3v) is 2.77. The number of carbonyl (C=O) groups excluding carboxylic acids is 1. The lowest BCUT2D eigenvalue weighted by Crippen LogP contribution is -2.37. The maximum atomic E-state index is 11.8. The molecule has 0 saturated heterocycles. The van der Waals surface area contributed by atoms with E-state index >= 15 is 0 Å². The molecule has 0 aliphatic rings. The molecule has 0 unspecified atom stereocenters. The summed E-state index contributed by atoms with van der Waals surface area (Å²) in [5, 5.41) is 11.9. The van der Waals surface area contributed by atoms with Crippen molar-refractivity contribution in [3.63, 3.8) is 0 Å². The summed E-state index contributed by atoms with van der Waals surface area (Å²) < 4.78 is 0. The highest BCUT2D eigenvalue weighted by atomic mass is 35.5. The summed E-state index contributed by atoms with van der Waals surface area (Å²) in [6.45, 7) is 3.91. The molecule has 104 valence electrons. The number of amides is 1. The van der Waals surface area contributed by atoms with Crippen LogP contribution < -0.4 is 11.1 Å². The molecule has 0 heterocycles. The van der Waals surface area contributed by atoms with Crippen LogP contribution in [0.1, 0.15) is 30.6 Å². The van der Waals surface area contributed by atoms with Crippen molar-refractivity contribution in [1.29, 1.82) is 0 Å². The molecule has 0 aliphatic carbocycles. The number of hydrogen-bond donors (Lipinski definition) is 3. The van der Waals surface area contributed by atoms with Crippen LogP contribution in [0.4, 0.5) is 5.69 Å². The van der Waals surface area contributed by atoms with E-state index in [1.807, 2.05) is 13.8 Å². The topological polar surface area (TPSA) is 92.4 Å². The Labute approximate surface area is 116 Å². The molecule has 1 amide bonds. The van der Waals surface area contributed by atoms with Crippen LogP contribution in [-0.4, -0.2) is 23.0 Å². The molecular formula is C13H17ClN2O3. The summed E-state index contributed by atoms with van der Waals surface area (Å²) in [7, 11) is 0. The van der Waals surface area contributed by atoms with Gasteiger partial charge in [0, 0.05) is 5.02 Å². The highest BCUT2D eigenvalue weighted by Gasteiger charge is 2.18. The van der Waals surface area contributed by atoms with Crippen molar-refractivity contribution >= 4 is 29.2 Å². The number of anilines is 1. The van der Waals surface area contributed by atoms with Crippen molar-refractivity contribution in [2.24, 2.45) is 11.7 Å². The number of aromatic carboxylic acids is 1. The second kappa shape index (κ2) is 6.54. The Hall–Kier alpha value is -1.59. The van der Waals surface area contributed by atoms with Gasteiger partial charge in [-0.2, -0.15) is 0 Å². The van der Waals surface area contributed by atoms with Gasteiger partial charge < -0.3 is 16.2 Å². The number of nitrogens with one attached hydrogen (secondary N) is 1. The van der Waals surface area contributed by atoms with E-state index in [1.54, 1.807) is 0 Å². The Bertz CT molecular complexity index is 489. The summed E-state index contributed by atoms with van der Waals surface area (Å²) in [6.07, 6.45) is 0.530. The fourth-order valence-electron chi connectivity index (χ4n) is 1.64. The normalized spacial score (nSPS) is 12.3. The van der Waals surface area contributed by atoms with E-state index < -0.39 is 17.9 Å². The first kappa shape index (κ1) is 15.5. The molecule has 1 rings (SSSR count). The molecule has 0 radical (unpaired) electrons. The minimum Gasteiger partial charge on any atom is -0.478 e. The molecule has 0 saturated carbocycles. The van der Waals surface area contributed by atoms with Gasteiger partial charge in [0.1, 0.15) is 0 Å². The van der Waals surface area contributed by atoms with Gasteiger partial charge in [0.25, 0.3) is 0 Å². The van der Waals surface area contributed by atoms with Gasteiger partial charge in [0.2, 0.25) is 5.91 Å². The highest BCUT2D eigenvalue weighted by Crippen LogP contribution is 2.21. The molecule has 1 aromatic carbocycles.